The van der Waals surface area contributed by atoms with Crippen LogP contribution >= 0.6 is 0 Å². The minimum atomic E-state index is -0.167. The van der Waals surface area contributed by atoms with E-state index in [0.29, 0.717) is 36.6 Å². The van der Waals surface area contributed by atoms with Gasteiger partial charge in [-0.3, -0.25) is 4.79 Å². The Morgan fingerprint density at radius 3 is 2.70 bits per heavy atom. The number of rotatable bonds is 3. The molecule has 0 radical (unpaired) electrons. The van der Waals surface area contributed by atoms with Crippen LogP contribution in [-0.4, -0.2) is 36.1 Å². The maximum atomic E-state index is 14.0. The predicted molar refractivity (Wildman–Crippen MR) is 127 cm³/mol. The van der Waals surface area contributed by atoms with Gasteiger partial charge in [0.2, 0.25) is 0 Å². The number of quaternary nitrogens is 1. The number of aryl methyl sites for hydroxylation is 1. The Morgan fingerprint density at radius 2 is 1.88 bits per heavy atom. The molecule has 2 aromatic rings. The zero-order valence-electron chi connectivity index (χ0n) is 18.5. The molecule has 5 rings (SSSR count). The van der Waals surface area contributed by atoms with Crippen molar-refractivity contribution in [3.63, 3.8) is 0 Å². The summed E-state index contributed by atoms with van der Waals surface area (Å²) in [4.78, 5) is 26.7. The summed E-state index contributed by atoms with van der Waals surface area (Å²) in [6, 6.07) is 14.6. The van der Waals surface area contributed by atoms with Crippen LogP contribution in [0.4, 0.5) is 5.69 Å². The Kier molecular flexibility index (Phi) is 5.54. The van der Waals surface area contributed by atoms with E-state index in [-0.39, 0.29) is 16.3 Å². The molecule has 2 amide bonds. The van der Waals surface area contributed by atoms with Gasteiger partial charge < -0.3 is 15.4 Å². The summed E-state index contributed by atoms with van der Waals surface area (Å²) < 4.78 is 5.83. The van der Waals surface area contributed by atoms with Crippen LogP contribution in [-0.2, 0) is 4.74 Å². The largest absolute Gasteiger partial charge is 0.365 e. The molecule has 1 aliphatic carbocycles. The first-order valence-corrected chi connectivity index (χ1v) is 11.1. The lowest BCUT2D eigenvalue weighted by atomic mass is 9.98. The van der Waals surface area contributed by atoms with Crippen LogP contribution in [0.3, 0.4) is 0 Å². The molecule has 2 N–H and O–H groups in total. The molecule has 6 nitrogen and oxygen atoms in total. The van der Waals surface area contributed by atoms with Gasteiger partial charge >= 0.3 is 5.91 Å². The monoisotopic (exact) mass is 440 g/mol. The van der Waals surface area contributed by atoms with Crippen LogP contribution in [0.25, 0.3) is 0 Å². The van der Waals surface area contributed by atoms with Gasteiger partial charge in [-0.25, -0.2) is 4.79 Å². The lowest BCUT2D eigenvalue weighted by Crippen LogP contribution is -2.56. The van der Waals surface area contributed by atoms with Crippen LogP contribution < -0.4 is 10.6 Å². The number of fused-ring (bicyclic) bond motifs is 3. The molecule has 3 aliphatic rings. The molecule has 1 unspecified atom stereocenters. The molecule has 6 heteroatoms. The van der Waals surface area contributed by atoms with Gasteiger partial charge in [-0.2, -0.15) is 4.48 Å². The van der Waals surface area contributed by atoms with Gasteiger partial charge in [-0.05, 0) is 49.2 Å². The Balaban J connectivity index is 1.45. The summed E-state index contributed by atoms with van der Waals surface area (Å²) in [5.74, 6) is -0.169. The smallest absolute Gasteiger partial charge is 0.355 e. The van der Waals surface area contributed by atoms with E-state index in [4.69, 9.17) is 4.74 Å². The third-order valence-corrected chi connectivity index (χ3v) is 6.41. The van der Waals surface area contributed by atoms with Gasteiger partial charge in [0, 0.05) is 29.1 Å². The van der Waals surface area contributed by atoms with Crippen molar-refractivity contribution >= 4 is 17.5 Å². The SMILES string of the molecule is Cc1ccccc1C(=O)Nc1ccc(C(=O)[N+]23CCOCC2=CNC=C2CC=CC=C23)cc1. The van der Waals surface area contributed by atoms with E-state index in [9.17, 15) is 9.59 Å². The molecule has 0 aromatic heterocycles. The van der Waals surface area contributed by atoms with Gasteiger partial charge in [-0.1, -0.05) is 30.4 Å². The number of allylic oxidation sites excluding steroid dienone is 4. The number of ether oxygens (including phenoxy) is 1. The van der Waals surface area contributed by atoms with Gasteiger partial charge in [0.15, 0.2) is 11.4 Å². The Hall–Kier alpha value is -3.74. The Labute approximate surface area is 193 Å². The van der Waals surface area contributed by atoms with Crippen molar-refractivity contribution in [3.05, 3.63) is 113 Å². The second-order valence-corrected chi connectivity index (χ2v) is 8.39. The fraction of sp³-hybridized carbons (Fsp3) is 0.185. The number of amides is 2. The lowest BCUT2D eigenvalue weighted by molar-refractivity contribution is -0.779. The number of carbonyl (C=O) groups is 2. The number of morpholine rings is 1. The van der Waals surface area contributed by atoms with Crippen LogP contribution in [0.15, 0.2) is 96.1 Å². The van der Waals surface area contributed by atoms with E-state index in [1.54, 1.807) is 30.3 Å². The minimum absolute atomic E-state index is 0.00233. The highest BCUT2D eigenvalue weighted by molar-refractivity contribution is 6.05. The van der Waals surface area contributed by atoms with Gasteiger partial charge in [0.1, 0.15) is 13.2 Å². The van der Waals surface area contributed by atoms with Gasteiger partial charge in [-0.15, -0.1) is 0 Å². The molecule has 1 saturated heterocycles. The maximum absolute atomic E-state index is 14.0. The van der Waals surface area contributed by atoms with Crippen LogP contribution in [0.1, 0.15) is 32.7 Å². The molecule has 1 atom stereocenters. The molecular weight excluding hydrogens is 414 g/mol. The van der Waals surface area contributed by atoms with Gasteiger partial charge in [0.25, 0.3) is 5.91 Å². The summed E-state index contributed by atoms with van der Waals surface area (Å²) in [5.41, 5.74) is 5.75. The molecule has 2 aliphatic heterocycles. The Morgan fingerprint density at radius 1 is 1.06 bits per heavy atom. The highest BCUT2D eigenvalue weighted by Gasteiger charge is 2.49. The minimum Gasteiger partial charge on any atom is -0.365 e. The molecule has 0 saturated carbocycles. The number of hydrogen-bond acceptors (Lipinski definition) is 4. The molecule has 2 heterocycles. The topological polar surface area (TPSA) is 67.4 Å². The predicted octanol–water partition coefficient (Wildman–Crippen LogP) is 4.41. The average Bonchev–Trinajstić information content (AvgIpc) is 3.02. The molecule has 2 aromatic carbocycles. The van der Waals surface area contributed by atoms with Crippen molar-refractivity contribution in [1.29, 1.82) is 0 Å². The number of anilines is 1. The van der Waals surface area contributed by atoms with Crippen LogP contribution in [0.2, 0.25) is 0 Å². The first-order chi connectivity index (χ1) is 16.1. The molecule has 166 valence electrons. The normalized spacial score (nSPS) is 21.3. The average molecular weight is 441 g/mol. The first kappa shape index (κ1) is 21.1. The second kappa shape index (κ2) is 8.65. The number of hydrogen-bond donors (Lipinski definition) is 2. The summed E-state index contributed by atoms with van der Waals surface area (Å²) in [6.45, 7) is 3.34. The van der Waals surface area contributed by atoms with Crippen molar-refractivity contribution in [1.82, 2.24) is 5.32 Å². The summed E-state index contributed by atoms with van der Waals surface area (Å²) in [7, 11) is 0. The molecule has 0 spiro atoms. The van der Waals surface area contributed by atoms with Crippen molar-refractivity contribution in [2.45, 2.75) is 13.3 Å². The highest BCUT2D eigenvalue weighted by atomic mass is 16.5. The highest BCUT2D eigenvalue weighted by Crippen LogP contribution is 2.39. The summed E-state index contributed by atoms with van der Waals surface area (Å²) >= 11 is 0. The van der Waals surface area contributed by atoms with E-state index in [1.165, 1.54) is 0 Å². The van der Waals surface area contributed by atoms with E-state index in [0.717, 1.165) is 29.0 Å². The van der Waals surface area contributed by atoms with Crippen molar-refractivity contribution in [2.75, 3.05) is 25.1 Å². The zero-order valence-corrected chi connectivity index (χ0v) is 18.5. The lowest BCUT2D eigenvalue weighted by Gasteiger charge is -2.41. The van der Waals surface area contributed by atoms with Crippen molar-refractivity contribution in [2.24, 2.45) is 0 Å². The van der Waals surface area contributed by atoms with E-state index < -0.39 is 0 Å². The quantitative estimate of drug-likeness (QED) is 0.694. The number of benzene rings is 2. The van der Waals surface area contributed by atoms with Crippen LogP contribution in [0.5, 0.6) is 0 Å². The second-order valence-electron chi connectivity index (χ2n) is 8.39. The van der Waals surface area contributed by atoms with Crippen molar-refractivity contribution in [3.8, 4) is 0 Å². The van der Waals surface area contributed by atoms with E-state index in [2.05, 4.69) is 16.7 Å². The third kappa shape index (κ3) is 3.73. The number of nitrogens with one attached hydrogen (secondary N) is 2. The standard InChI is InChI=1S/C27H25N3O3/c1-19-6-2-4-8-24(19)26(31)29-22-12-10-20(11-13-22)27(32)30-14-15-33-18-23(30)17-28-16-21-7-3-5-9-25(21)30/h2-6,8-13,16-17,28H,7,14-15,18H2,1H3/p+1. The van der Waals surface area contributed by atoms with Gasteiger partial charge in [0.05, 0.1) is 18.4 Å². The van der Waals surface area contributed by atoms with E-state index in [1.807, 2.05) is 49.7 Å². The van der Waals surface area contributed by atoms with Crippen molar-refractivity contribution < 1.29 is 18.8 Å². The zero-order chi connectivity index (χ0) is 22.8. The Bertz CT molecular complexity index is 1240. The molecule has 1 fully saturated rings. The summed E-state index contributed by atoms with van der Waals surface area (Å²) in [5, 5.41) is 6.16. The molecular formula is C27H26N3O3+. The maximum Gasteiger partial charge on any atom is 0.355 e. The first-order valence-electron chi connectivity index (χ1n) is 11.1. The third-order valence-electron chi connectivity index (χ3n) is 6.41. The molecule has 0 bridgehead atoms. The van der Waals surface area contributed by atoms with Crippen LogP contribution in [0, 0.1) is 6.92 Å². The number of carbonyl (C=O) groups excluding carboxylic acids is 2. The molecule has 33 heavy (non-hydrogen) atoms. The van der Waals surface area contributed by atoms with E-state index >= 15 is 0 Å². The fourth-order valence-corrected chi connectivity index (χ4v) is 4.65. The summed E-state index contributed by atoms with van der Waals surface area (Å²) in [6.07, 6.45) is 10.8. The fourth-order valence-electron chi connectivity index (χ4n) is 4.65. The number of nitrogens with zero attached hydrogens (tertiary/aromatic N) is 1.